The van der Waals surface area contributed by atoms with Gasteiger partial charge in [0.1, 0.15) is 48.8 Å². The molecule has 4 rings (SSSR count). The van der Waals surface area contributed by atoms with E-state index in [1.807, 2.05) is 6.92 Å². The summed E-state index contributed by atoms with van der Waals surface area (Å²) in [5.74, 6) is -5.06. The van der Waals surface area contributed by atoms with Gasteiger partial charge < -0.3 is 105 Å². The van der Waals surface area contributed by atoms with Crippen LogP contribution in [0.4, 0.5) is 0 Å². The van der Waals surface area contributed by atoms with E-state index in [1.54, 1.807) is 6.92 Å². The Hall–Kier alpha value is -2.50. The molecule has 20 unspecified atom stereocenters. The van der Waals surface area contributed by atoms with Crippen molar-refractivity contribution in [2.75, 3.05) is 26.4 Å². The van der Waals surface area contributed by atoms with E-state index >= 15 is 0 Å². The van der Waals surface area contributed by atoms with Gasteiger partial charge in [-0.3, -0.25) is 4.79 Å². The number of hydrogen-bond acceptors (Lipinski definition) is 23. The maximum absolute atomic E-state index is 14.1. The SMILES string of the molecule is C=C1CC2(CC)CCC3C(C)(C(=O)OC(O)C(O)C(O)C(O)CCO)CCCC3(C)C2CCC1OC(O)C(OC1OC(CO)C(O)C(O)C1O)=C(OC(=O)C(O)C(O)C(O)CCO)C(O)CCO. The highest BCUT2D eigenvalue weighted by Crippen LogP contribution is 2.68. The molecular weight excluding hydrogens is 908 g/mol. The van der Waals surface area contributed by atoms with Crippen LogP contribution in [0.3, 0.4) is 0 Å². The van der Waals surface area contributed by atoms with Gasteiger partial charge in [-0.05, 0) is 99.4 Å². The van der Waals surface area contributed by atoms with Gasteiger partial charge in [-0.2, -0.15) is 0 Å². The van der Waals surface area contributed by atoms with E-state index in [9.17, 15) is 86.2 Å². The maximum atomic E-state index is 14.1. The van der Waals surface area contributed by atoms with Crippen molar-refractivity contribution in [3.8, 4) is 0 Å². The molecule has 1 aliphatic heterocycles. The molecule has 4 aliphatic rings. The van der Waals surface area contributed by atoms with Crippen molar-refractivity contribution in [2.24, 2.45) is 28.1 Å². The van der Waals surface area contributed by atoms with Gasteiger partial charge in [-0.25, -0.2) is 4.79 Å². The quantitative estimate of drug-likeness (QED) is 0.0202. The number of hydrogen-bond donors (Lipinski definition) is 16. The van der Waals surface area contributed by atoms with Crippen LogP contribution in [0.5, 0.6) is 0 Å². The summed E-state index contributed by atoms with van der Waals surface area (Å²) < 4.78 is 28.1. The Morgan fingerprint density at radius 3 is 1.96 bits per heavy atom. The molecule has 3 aliphatic carbocycles. The first-order chi connectivity index (χ1) is 31.9. The van der Waals surface area contributed by atoms with Crippen molar-refractivity contribution in [1.29, 1.82) is 0 Å². The molecule has 23 heteroatoms. The van der Waals surface area contributed by atoms with E-state index in [4.69, 9.17) is 28.8 Å². The molecule has 4 fully saturated rings. The normalized spacial score (nSPS) is 36.5. The summed E-state index contributed by atoms with van der Waals surface area (Å²) >= 11 is 0. The molecule has 0 aromatic heterocycles. The molecule has 20 atom stereocenters. The van der Waals surface area contributed by atoms with Crippen molar-refractivity contribution < 1.29 is 115 Å². The second-order valence-corrected chi connectivity index (χ2v) is 19.4. The molecule has 0 radical (unpaired) electrons. The van der Waals surface area contributed by atoms with Gasteiger partial charge in [0.15, 0.2) is 17.6 Å². The highest BCUT2D eigenvalue weighted by molar-refractivity contribution is 5.77. The lowest BCUT2D eigenvalue weighted by Crippen LogP contribution is -2.59. The maximum Gasteiger partial charge on any atom is 0.343 e. The smallest absolute Gasteiger partial charge is 0.343 e. The molecule has 0 amide bonds. The minimum Gasteiger partial charge on any atom is -0.457 e. The summed E-state index contributed by atoms with van der Waals surface area (Å²) in [4.78, 5) is 27.4. The number of esters is 2. The Morgan fingerprint density at radius 1 is 0.750 bits per heavy atom. The Bertz CT molecular complexity index is 1680. The van der Waals surface area contributed by atoms with Gasteiger partial charge in [0.05, 0.1) is 30.3 Å². The summed E-state index contributed by atoms with van der Waals surface area (Å²) in [6, 6.07) is 0. The van der Waals surface area contributed by atoms with Crippen LogP contribution < -0.4 is 0 Å². The molecule has 0 bridgehead atoms. The Kier molecular flexibility index (Phi) is 21.1. The Balaban J connectivity index is 1.69. The number of rotatable bonds is 23. The molecule has 0 aromatic rings. The van der Waals surface area contributed by atoms with Crippen molar-refractivity contribution in [3.63, 3.8) is 0 Å². The second kappa shape index (κ2) is 24.8. The topological polar surface area (TPSA) is 404 Å². The lowest BCUT2D eigenvalue weighted by Gasteiger charge is -2.63. The first-order valence-corrected chi connectivity index (χ1v) is 23.4. The summed E-state index contributed by atoms with van der Waals surface area (Å²) in [5, 5.41) is 166. The average molecular weight is 985 g/mol. The lowest BCUT2D eigenvalue weighted by molar-refractivity contribution is -0.300. The fraction of sp³-hybridized carbons (Fsp3) is 0.867. The first kappa shape index (κ1) is 58.1. The molecule has 0 spiro atoms. The van der Waals surface area contributed by atoms with Gasteiger partial charge in [0.2, 0.25) is 18.9 Å². The van der Waals surface area contributed by atoms with Crippen LogP contribution in [0, 0.1) is 28.1 Å². The van der Waals surface area contributed by atoms with Crippen molar-refractivity contribution >= 4 is 11.9 Å². The minimum absolute atomic E-state index is 0.128. The van der Waals surface area contributed by atoms with E-state index in [0.717, 1.165) is 0 Å². The average Bonchev–Trinajstić information content (AvgIpc) is 3.44. The van der Waals surface area contributed by atoms with Gasteiger partial charge in [0.25, 0.3) is 0 Å². The third-order valence-corrected chi connectivity index (χ3v) is 15.2. The molecule has 3 saturated carbocycles. The summed E-state index contributed by atoms with van der Waals surface area (Å²) in [5.41, 5.74) is -1.68. The highest BCUT2D eigenvalue weighted by atomic mass is 16.7. The van der Waals surface area contributed by atoms with Crippen molar-refractivity contribution in [3.05, 3.63) is 23.7 Å². The molecular formula is C45H76O23. The zero-order valence-electron chi connectivity index (χ0n) is 38.8. The van der Waals surface area contributed by atoms with E-state index in [2.05, 4.69) is 13.5 Å². The van der Waals surface area contributed by atoms with Gasteiger partial charge in [-0.1, -0.05) is 26.8 Å². The first-order valence-electron chi connectivity index (χ1n) is 23.4. The van der Waals surface area contributed by atoms with Crippen LogP contribution in [-0.4, -0.2) is 212 Å². The van der Waals surface area contributed by atoms with Crippen LogP contribution in [0.25, 0.3) is 0 Å². The molecule has 1 saturated heterocycles. The van der Waals surface area contributed by atoms with Crippen molar-refractivity contribution in [1.82, 2.24) is 0 Å². The van der Waals surface area contributed by atoms with E-state index < -0.39 is 171 Å². The van der Waals surface area contributed by atoms with Crippen LogP contribution in [0.2, 0.25) is 0 Å². The predicted molar refractivity (Wildman–Crippen MR) is 230 cm³/mol. The summed E-state index contributed by atoms with van der Waals surface area (Å²) in [6.45, 7) is 7.33. The van der Waals surface area contributed by atoms with Crippen LogP contribution >= 0.6 is 0 Å². The van der Waals surface area contributed by atoms with Crippen LogP contribution in [0.1, 0.15) is 97.8 Å². The summed E-state index contributed by atoms with van der Waals surface area (Å²) in [7, 11) is 0. The number of aliphatic hydroxyl groups excluding tert-OH is 16. The molecule has 16 N–H and O–H groups in total. The fourth-order valence-electron chi connectivity index (χ4n) is 11.3. The predicted octanol–water partition coefficient (Wildman–Crippen LogP) is -3.84. The second-order valence-electron chi connectivity index (χ2n) is 19.4. The molecule has 1 heterocycles. The zero-order valence-corrected chi connectivity index (χ0v) is 38.8. The lowest BCUT2D eigenvalue weighted by atomic mass is 9.41. The molecule has 394 valence electrons. The zero-order chi connectivity index (χ0) is 51.1. The number of aliphatic hydroxyl groups is 16. The monoisotopic (exact) mass is 984 g/mol. The number of carbonyl (C=O) groups excluding carboxylic acids is 2. The number of carbonyl (C=O) groups is 2. The standard InChI is InChI=1S/C45H76O23/c1-5-45-15-9-27-43(3,13-6-14-44(27,4)42(63)68-39(61)34(58)30(54)23(51)11-17-47)28(45)8-7-25(21(2)19-45)64-40(62)37(67-41-35(59)32(56)31(55)26(20-49)65-41)36(24(52)12-18-48)66-38(60)33(57)29(53)22(50)10-16-46/h22-35,39-41,46-59,61-62H,2,5-20H2,1,3-4H3. The van der Waals surface area contributed by atoms with Crippen LogP contribution in [-0.2, 0) is 33.3 Å². The minimum atomic E-state index is -2.54. The van der Waals surface area contributed by atoms with Gasteiger partial charge >= 0.3 is 11.9 Å². The van der Waals surface area contributed by atoms with Gasteiger partial charge in [0, 0.05) is 26.2 Å². The Morgan fingerprint density at radius 2 is 1.37 bits per heavy atom. The Labute approximate surface area is 394 Å². The summed E-state index contributed by atoms with van der Waals surface area (Å²) in [6.07, 6.45) is -26.7. The van der Waals surface area contributed by atoms with Crippen LogP contribution in [0.15, 0.2) is 23.7 Å². The van der Waals surface area contributed by atoms with Gasteiger partial charge in [-0.15, -0.1) is 0 Å². The fourth-order valence-corrected chi connectivity index (χ4v) is 11.3. The molecule has 0 aromatic carbocycles. The van der Waals surface area contributed by atoms with E-state index in [1.165, 1.54) is 0 Å². The van der Waals surface area contributed by atoms with E-state index in [-0.39, 0.29) is 24.7 Å². The molecule has 23 nitrogen and oxygen atoms in total. The van der Waals surface area contributed by atoms with Crippen molar-refractivity contribution in [2.45, 2.75) is 190 Å². The highest BCUT2D eigenvalue weighted by Gasteiger charge is 2.63. The third kappa shape index (κ3) is 12.4. The molecule has 68 heavy (non-hydrogen) atoms. The van der Waals surface area contributed by atoms with E-state index in [0.29, 0.717) is 56.9 Å². The largest absolute Gasteiger partial charge is 0.457 e. The third-order valence-electron chi connectivity index (χ3n) is 15.2. The number of ether oxygens (including phenoxy) is 5. The number of fused-ring (bicyclic) bond motifs is 3.